The molecule has 1 aromatic heterocycles. The van der Waals surface area contributed by atoms with Crippen molar-refractivity contribution in [1.29, 1.82) is 0 Å². The Morgan fingerprint density at radius 3 is 2.59 bits per heavy atom. The number of halogens is 3. The minimum Gasteiger partial charge on any atom is -0.496 e. The van der Waals surface area contributed by atoms with E-state index in [4.69, 9.17) is 9.47 Å². The molecule has 1 amide bonds. The van der Waals surface area contributed by atoms with Gasteiger partial charge in [-0.05, 0) is 18.2 Å². The Morgan fingerprint density at radius 2 is 2.00 bits per heavy atom. The van der Waals surface area contributed by atoms with Crippen LogP contribution in [0.2, 0.25) is 0 Å². The van der Waals surface area contributed by atoms with Gasteiger partial charge in [-0.2, -0.15) is 22.5 Å². The normalized spacial score (nSPS) is 16.7. The van der Waals surface area contributed by atoms with E-state index in [2.05, 4.69) is 19.0 Å². The molecular formula is C15H14F3N3O5S. The molecule has 1 aliphatic rings. The third-order valence-corrected chi connectivity index (χ3v) is 5.81. The number of nitrogens with zero attached hydrogens (tertiary/aromatic N) is 3. The zero-order chi connectivity index (χ0) is 19.7. The average Bonchev–Trinajstić information content (AvgIpc) is 3.12. The van der Waals surface area contributed by atoms with Gasteiger partial charge in [0.2, 0.25) is 5.82 Å². The summed E-state index contributed by atoms with van der Waals surface area (Å²) in [7, 11) is -1.43. The standard InChI is InChI=1S/C15H14F3N3O5S/c1-24-11-8-9(12-19-14(26-20-12)15(16,17)18)2-3-10(11)13(22)21-27(23)6-4-25-5-7-27/h2-3,8H,4-7H2,1H3. The van der Waals surface area contributed by atoms with Gasteiger partial charge in [-0.15, -0.1) is 0 Å². The third kappa shape index (κ3) is 4.27. The van der Waals surface area contributed by atoms with Crippen molar-refractivity contribution >= 4 is 15.6 Å². The minimum absolute atomic E-state index is 0.0232. The number of carbonyl (C=O) groups excluding carboxylic acids is 1. The van der Waals surface area contributed by atoms with Gasteiger partial charge in [0, 0.05) is 5.56 Å². The molecule has 0 radical (unpaired) electrons. The zero-order valence-corrected chi connectivity index (χ0v) is 14.8. The molecule has 0 bridgehead atoms. The van der Waals surface area contributed by atoms with E-state index in [1.54, 1.807) is 0 Å². The third-order valence-electron chi connectivity index (χ3n) is 3.70. The molecule has 0 unspecified atom stereocenters. The summed E-state index contributed by atoms with van der Waals surface area (Å²) in [6.07, 6.45) is -4.76. The fourth-order valence-corrected chi connectivity index (χ4v) is 3.88. The number of ether oxygens (including phenoxy) is 2. The van der Waals surface area contributed by atoms with Crippen LogP contribution in [0.5, 0.6) is 5.75 Å². The lowest BCUT2D eigenvalue weighted by Crippen LogP contribution is -2.26. The highest BCUT2D eigenvalue weighted by atomic mass is 32.2. The Morgan fingerprint density at radius 1 is 1.30 bits per heavy atom. The lowest BCUT2D eigenvalue weighted by atomic mass is 10.1. The van der Waals surface area contributed by atoms with Crippen molar-refractivity contribution in [1.82, 2.24) is 10.1 Å². The number of rotatable bonds is 3. The van der Waals surface area contributed by atoms with Crippen LogP contribution in [0.3, 0.4) is 0 Å². The van der Waals surface area contributed by atoms with E-state index in [1.807, 2.05) is 0 Å². The lowest BCUT2D eigenvalue weighted by molar-refractivity contribution is -0.159. The summed E-state index contributed by atoms with van der Waals surface area (Å²) in [5.41, 5.74) is 0.174. The molecular weight excluding hydrogens is 391 g/mol. The fraction of sp³-hybridized carbons (Fsp3) is 0.400. The van der Waals surface area contributed by atoms with Gasteiger partial charge in [0.25, 0.3) is 5.91 Å². The molecule has 1 aliphatic heterocycles. The summed E-state index contributed by atoms with van der Waals surface area (Å²) in [5.74, 6) is -2.19. The molecule has 146 valence electrons. The topological polar surface area (TPSA) is 104 Å². The Balaban J connectivity index is 1.93. The molecule has 2 aromatic rings. The molecule has 8 nitrogen and oxygen atoms in total. The second-order valence-corrected chi connectivity index (χ2v) is 8.07. The van der Waals surface area contributed by atoms with Crippen LogP contribution in [0.4, 0.5) is 13.2 Å². The molecule has 0 atom stereocenters. The number of hydrogen-bond donors (Lipinski definition) is 0. The summed E-state index contributed by atoms with van der Waals surface area (Å²) in [6, 6.07) is 3.91. The molecule has 0 aliphatic carbocycles. The van der Waals surface area contributed by atoms with E-state index in [1.165, 1.54) is 25.3 Å². The Kier molecular flexibility index (Phi) is 5.20. The van der Waals surface area contributed by atoms with E-state index >= 15 is 0 Å². The van der Waals surface area contributed by atoms with Crippen LogP contribution in [-0.4, -0.2) is 52.1 Å². The van der Waals surface area contributed by atoms with Gasteiger partial charge in [0.05, 0.1) is 47.1 Å². The SMILES string of the molecule is COc1cc(-c2noc(C(F)(F)F)n2)ccc1C(=O)N=S1(=O)CCOCC1. The van der Waals surface area contributed by atoms with Crippen LogP contribution >= 0.6 is 0 Å². The van der Waals surface area contributed by atoms with Crippen LogP contribution in [0, 0.1) is 0 Å². The lowest BCUT2D eigenvalue weighted by Gasteiger charge is -2.15. The van der Waals surface area contributed by atoms with Crippen molar-refractivity contribution < 1.29 is 36.2 Å². The predicted octanol–water partition coefficient (Wildman–Crippen LogP) is 2.40. The molecule has 0 N–H and O–H groups in total. The van der Waals surface area contributed by atoms with Crippen LogP contribution in [0.15, 0.2) is 27.1 Å². The van der Waals surface area contributed by atoms with Crippen molar-refractivity contribution in [3.8, 4) is 17.1 Å². The van der Waals surface area contributed by atoms with Crippen LogP contribution in [-0.2, 0) is 20.6 Å². The number of hydrogen-bond acceptors (Lipinski definition) is 7. The largest absolute Gasteiger partial charge is 0.496 e. The number of amides is 1. The number of alkyl halides is 3. The first-order valence-electron chi connectivity index (χ1n) is 7.66. The predicted molar refractivity (Wildman–Crippen MR) is 86.7 cm³/mol. The molecule has 1 fully saturated rings. The van der Waals surface area contributed by atoms with Gasteiger partial charge in [-0.3, -0.25) is 4.79 Å². The molecule has 3 rings (SSSR count). The van der Waals surface area contributed by atoms with E-state index < -0.39 is 27.7 Å². The van der Waals surface area contributed by atoms with Gasteiger partial charge in [-0.1, -0.05) is 5.16 Å². The smallest absolute Gasteiger partial charge is 0.471 e. The highest BCUT2D eigenvalue weighted by Crippen LogP contribution is 2.31. The van der Waals surface area contributed by atoms with Crippen molar-refractivity contribution in [2.45, 2.75) is 6.18 Å². The van der Waals surface area contributed by atoms with Crippen LogP contribution in [0.1, 0.15) is 16.2 Å². The molecule has 0 saturated carbocycles. The number of aromatic nitrogens is 2. The van der Waals surface area contributed by atoms with Crippen LogP contribution in [0.25, 0.3) is 11.4 Å². The number of benzene rings is 1. The number of methoxy groups -OCH3 is 1. The first-order chi connectivity index (χ1) is 12.7. The Labute approximate surface area is 151 Å². The summed E-state index contributed by atoms with van der Waals surface area (Å²) in [4.78, 5) is 15.7. The molecule has 27 heavy (non-hydrogen) atoms. The Hall–Kier alpha value is -2.47. The fourth-order valence-electron chi connectivity index (χ4n) is 2.34. The second kappa shape index (κ2) is 7.27. The minimum atomic E-state index is -4.76. The van der Waals surface area contributed by atoms with Gasteiger partial charge < -0.3 is 14.0 Å². The first-order valence-corrected chi connectivity index (χ1v) is 9.51. The quantitative estimate of drug-likeness (QED) is 0.772. The van der Waals surface area contributed by atoms with Gasteiger partial charge in [-0.25, -0.2) is 4.21 Å². The highest BCUT2D eigenvalue weighted by molar-refractivity contribution is 7.94. The molecule has 0 spiro atoms. The first kappa shape index (κ1) is 19.3. The maximum Gasteiger partial charge on any atom is 0.471 e. The van der Waals surface area contributed by atoms with Crippen molar-refractivity contribution in [3.63, 3.8) is 0 Å². The maximum atomic E-state index is 12.6. The maximum absolute atomic E-state index is 12.6. The summed E-state index contributed by atoms with van der Waals surface area (Å²) in [6.45, 7) is 0.510. The average molecular weight is 405 g/mol. The van der Waals surface area contributed by atoms with Crippen molar-refractivity contribution in [2.75, 3.05) is 31.8 Å². The van der Waals surface area contributed by atoms with E-state index in [0.29, 0.717) is 0 Å². The molecule has 2 heterocycles. The van der Waals surface area contributed by atoms with Crippen molar-refractivity contribution in [3.05, 3.63) is 29.7 Å². The van der Waals surface area contributed by atoms with Crippen LogP contribution < -0.4 is 4.74 Å². The van der Waals surface area contributed by atoms with E-state index in [0.717, 1.165) is 0 Å². The van der Waals surface area contributed by atoms with Gasteiger partial charge in [0.1, 0.15) is 5.75 Å². The summed E-state index contributed by atoms with van der Waals surface area (Å²) >= 11 is 0. The molecule has 1 saturated heterocycles. The second-order valence-electron chi connectivity index (χ2n) is 5.53. The summed E-state index contributed by atoms with van der Waals surface area (Å²) in [5, 5.41) is 3.28. The summed E-state index contributed by atoms with van der Waals surface area (Å²) < 4.78 is 68.5. The van der Waals surface area contributed by atoms with Gasteiger partial charge in [0.15, 0.2) is 0 Å². The molecule has 1 aromatic carbocycles. The van der Waals surface area contributed by atoms with Gasteiger partial charge >= 0.3 is 12.1 Å². The number of carbonyl (C=O) groups is 1. The van der Waals surface area contributed by atoms with Crippen molar-refractivity contribution in [2.24, 2.45) is 4.36 Å². The Bertz CT molecular complexity index is 967. The monoisotopic (exact) mass is 405 g/mol. The highest BCUT2D eigenvalue weighted by Gasteiger charge is 2.38. The van der Waals surface area contributed by atoms with E-state index in [-0.39, 0.29) is 47.4 Å². The zero-order valence-electron chi connectivity index (χ0n) is 14.0. The molecule has 12 heteroatoms. The van der Waals surface area contributed by atoms with E-state index in [9.17, 15) is 22.2 Å².